The Hall–Kier alpha value is -2.34. The van der Waals surface area contributed by atoms with Gasteiger partial charge in [-0.3, -0.25) is 9.59 Å². The van der Waals surface area contributed by atoms with E-state index in [0.717, 1.165) is 28.1 Å². The van der Waals surface area contributed by atoms with Gasteiger partial charge in [-0.05, 0) is 29.7 Å². The second kappa shape index (κ2) is 7.91. The van der Waals surface area contributed by atoms with E-state index in [9.17, 15) is 9.59 Å². The Bertz CT molecular complexity index is 836. The third-order valence-electron chi connectivity index (χ3n) is 4.30. The summed E-state index contributed by atoms with van der Waals surface area (Å²) in [6.07, 6.45) is 2.52. The van der Waals surface area contributed by atoms with Crippen LogP contribution in [0.2, 0.25) is 0 Å². The molecule has 1 aromatic carbocycles. The molecule has 0 saturated carbocycles. The molecule has 3 rings (SSSR count). The second-order valence-corrected chi connectivity index (χ2v) is 8.15. The van der Waals surface area contributed by atoms with Crippen LogP contribution in [0.1, 0.15) is 36.2 Å². The van der Waals surface area contributed by atoms with Crippen molar-refractivity contribution in [2.24, 2.45) is 0 Å². The molecule has 0 spiro atoms. The monoisotopic (exact) mass is 370 g/mol. The molecule has 1 amide bonds. The molecule has 2 heterocycles. The van der Waals surface area contributed by atoms with Crippen LogP contribution in [-0.2, 0) is 11.2 Å². The minimum atomic E-state index is -0.884. The first-order chi connectivity index (χ1) is 12.5. The van der Waals surface area contributed by atoms with Crippen molar-refractivity contribution in [2.75, 3.05) is 13.1 Å². The summed E-state index contributed by atoms with van der Waals surface area (Å²) >= 11 is 1.73. The Morgan fingerprint density at radius 2 is 2.12 bits per heavy atom. The molecule has 1 aliphatic heterocycles. The summed E-state index contributed by atoms with van der Waals surface area (Å²) in [5.74, 6) is -0.965. The summed E-state index contributed by atoms with van der Waals surface area (Å²) in [5.41, 5.74) is 3.83. The molecule has 1 aliphatic rings. The summed E-state index contributed by atoms with van der Waals surface area (Å²) in [4.78, 5) is 29.5. The first-order valence-electron chi connectivity index (χ1n) is 8.71. The molecule has 1 N–H and O–H groups in total. The first-order valence-corrected chi connectivity index (χ1v) is 9.59. The van der Waals surface area contributed by atoms with Crippen molar-refractivity contribution in [1.82, 2.24) is 9.88 Å². The summed E-state index contributed by atoms with van der Waals surface area (Å²) < 4.78 is 0. The Morgan fingerprint density at radius 1 is 1.31 bits per heavy atom. The molecule has 0 unspecified atom stereocenters. The van der Waals surface area contributed by atoms with Gasteiger partial charge in [0.1, 0.15) is 5.03 Å². The fourth-order valence-corrected chi connectivity index (χ4v) is 3.96. The van der Waals surface area contributed by atoms with Crippen LogP contribution < -0.4 is 0 Å². The number of rotatable bonds is 6. The predicted octanol–water partition coefficient (Wildman–Crippen LogP) is 3.72. The predicted molar refractivity (Wildman–Crippen MR) is 103 cm³/mol. The van der Waals surface area contributed by atoms with Crippen LogP contribution in [0.25, 0.3) is 11.1 Å². The zero-order valence-electron chi connectivity index (χ0n) is 14.9. The third-order valence-corrected chi connectivity index (χ3v) is 5.32. The molecule has 2 aromatic rings. The van der Waals surface area contributed by atoms with Gasteiger partial charge in [0.25, 0.3) is 5.91 Å². The highest BCUT2D eigenvalue weighted by Crippen LogP contribution is 2.33. The number of amides is 1. The van der Waals surface area contributed by atoms with Gasteiger partial charge in [-0.15, -0.1) is 11.8 Å². The quantitative estimate of drug-likeness (QED) is 0.785. The summed E-state index contributed by atoms with van der Waals surface area (Å²) in [7, 11) is 0. The zero-order chi connectivity index (χ0) is 18.7. The van der Waals surface area contributed by atoms with E-state index in [0.29, 0.717) is 17.4 Å². The van der Waals surface area contributed by atoms with Gasteiger partial charge < -0.3 is 10.0 Å². The van der Waals surface area contributed by atoms with Crippen LogP contribution in [0, 0.1) is 0 Å². The van der Waals surface area contributed by atoms with Crippen molar-refractivity contribution >= 4 is 23.6 Å². The molecule has 136 valence electrons. The molecule has 0 radical (unpaired) electrons. The van der Waals surface area contributed by atoms with Gasteiger partial charge in [0.05, 0.1) is 6.42 Å². The summed E-state index contributed by atoms with van der Waals surface area (Å²) in [6, 6.07) is 9.87. The molecule has 26 heavy (non-hydrogen) atoms. The molecule has 0 atom stereocenters. The van der Waals surface area contributed by atoms with Gasteiger partial charge in [0.15, 0.2) is 0 Å². The average Bonchev–Trinajstić information content (AvgIpc) is 2.61. The molecular formula is C20H22N2O3S. The van der Waals surface area contributed by atoms with E-state index in [-0.39, 0.29) is 18.9 Å². The molecule has 6 heteroatoms. The van der Waals surface area contributed by atoms with Gasteiger partial charge >= 0.3 is 5.97 Å². The topological polar surface area (TPSA) is 70.5 Å². The SMILES string of the molecule is CC(C)Sc1ncccc1-c1ccc2c(c1)CCN(CCC(=O)O)C2=O. The van der Waals surface area contributed by atoms with Crippen LogP contribution >= 0.6 is 11.8 Å². The number of thioether (sulfide) groups is 1. The van der Waals surface area contributed by atoms with Gasteiger partial charge in [-0.25, -0.2) is 4.98 Å². The molecule has 0 bridgehead atoms. The number of carboxylic acid groups (broad SMARTS) is 1. The number of carbonyl (C=O) groups is 2. The molecule has 1 aromatic heterocycles. The lowest BCUT2D eigenvalue weighted by Crippen LogP contribution is -2.38. The van der Waals surface area contributed by atoms with Crippen LogP contribution in [-0.4, -0.2) is 45.2 Å². The number of carbonyl (C=O) groups excluding carboxylic acids is 1. The second-order valence-electron chi connectivity index (χ2n) is 6.58. The smallest absolute Gasteiger partial charge is 0.305 e. The van der Waals surface area contributed by atoms with E-state index >= 15 is 0 Å². The molecule has 0 aliphatic carbocycles. The van der Waals surface area contributed by atoms with E-state index < -0.39 is 5.97 Å². The van der Waals surface area contributed by atoms with Gasteiger partial charge in [0.2, 0.25) is 0 Å². The largest absolute Gasteiger partial charge is 0.481 e. The minimum Gasteiger partial charge on any atom is -0.481 e. The highest BCUT2D eigenvalue weighted by molar-refractivity contribution is 7.99. The number of fused-ring (bicyclic) bond motifs is 1. The van der Waals surface area contributed by atoms with Gasteiger partial charge in [-0.2, -0.15) is 0 Å². The average molecular weight is 370 g/mol. The molecule has 5 nitrogen and oxygen atoms in total. The summed E-state index contributed by atoms with van der Waals surface area (Å²) in [6.45, 7) is 5.09. The molecule has 0 saturated heterocycles. The maximum Gasteiger partial charge on any atom is 0.305 e. The standard InChI is InChI=1S/C20H22N2O3S/c1-13(2)26-19-16(4-3-9-21-19)14-5-6-17-15(12-14)7-10-22(20(17)25)11-8-18(23)24/h3-6,9,12-13H,7-8,10-11H2,1-2H3,(H,23,24). The number of benzene rings is 1. The van der Waals surface area contributed by atoms with Crippen molar-refractivity contribution in [1.29, 1.82) is 0 Å². The van der Waals surface area contributed by atoms with E-state index in [2.05, 4.69) is 31.0 Å². The lowest BCUT2D eigenvalue weighted by Gasteiger charge is -2.28. The van der Waals surface area contributed by atoms with Crippen molar-refractivity contribution < 1.29 is 14.7 Å². The fraction of sp³-hybridized carbons (Fsp3) is 0.350. The normalized spacial score (nSPS) is 13.8. The van der Waals surface area contributed by atoms with Crippen molar-refractivity contribution in [3.05, 3.63) is 47.7 Å². The number of hydrogen-bond donors (Lipinski definition) is 1. The first kappa shape index (κ1) is 18.5. The van der Waals surface area contributed by atoms with Crippen LogP contribution in [0.15, 0.2) is 41.6 Å². The highest BCUT2D eigenvalue weighted by Gasteiger charge is 2.25. The Balaban J connectivity index is 1.87. The van der Waals surface area contributed by atoms with Crippen molar-refractivity contribution in [2.45, 2.75) is 37.0 Å². The lowest BCUT2D eigenvalue weighted by atomic mass is 9.94. The summed E-state index contributed by atoms with van der Waals surface area (Å²) in [5, 5.41) is 10.3. The van der Waals surface area contributed by atoms with Crippen molar-refractivity contribution in [3.63, 3.8) is 0 Å². The van der Waals surface area contributed by atoms with Crippen LogP contribution in [0.3, 0.4) is 0 Å². The maximum atomic E-state index is 12.6. The number of aromatic nitrogens is 1. The van der Waals surface area contributed by atoms with Crippen LogP contribution in [0.4, 0.5) is 0 Å². The third kappa shape index (κ3) is 4.07. The molecule has 0 fully saturated rings. The van der Waals surface area contributed by atoms with Gasteiger partial charge in [0, 0.05) is 35.7 Å². The number of nitrogens with zero attached hydrogens (tertiary/aromatic N) is 2. The highest BCUT2D eigenvalue weighted by atomic mass is 32.2. The van der Waals surface area contributed by atoms with Crippen molar-refractivity contribution in [3.8, 4) is 11.1 Å². The zero-order valence-corrected chi connectivity index (χ0v) is 15.8. The molecular weight excluding hydrogens is 348 g/mol. The van der Waals surface area contributed by atoms with Crippen LogP contribution in [0.5, 0.6) is 0 Å². The number of aliphatic carboxylic acids is 1. The van der Waals surface area contributed by atoms with E-state index in [1.54, 1.807) is 22.9 Å². The lowest BCUT2D eigenvalue weighted by molar-refractivity contribution is -0.137. The van der Waals surface area contributed by atoms with E-state index in [1.165, 1.54) is 0 Å². The Labute approximate surface area is 157 Å². The van der Waals surface area contributed by atoms with E-state index in [1.807, 2.05) is 18.2 Å². The Morgan fingerprint density at radius 3 is 2.85 bits per heavy atom. The van der Waals surface area contributed by atoms with E-state index in [4.69, 9.17) is 5.11 Å². The minimum absolute atomic E-state index is 0.0232. The fourth-order valence-electron chi connectivity index (χ4n) is 3.08. The number of hydrogen-bond acceptors (Lipinski definition) is 4. The van der Waals surface area contributed by atoms with Gasteiger partial charge in [-0.1, -0.05) is 32.0 Å². The number of carboxylic acids is 1. The maximum absolute atomic E-state index is 12.6. The Kier molecular flexibility index (Phi) is 5.61. The number of pyridine rings is 1.